The van der Waals surface area contributed by atoms with Crippen LogP contribution in [0.3, 0.4) is 0 Å². The summed E-state index contributed by atoms with van der Waals surface area (Å²) in [6, 6.07) is 8.62. The van der Waals surface area contributed by atoms with Gasteiger partial charge in [0.15, 0.2) is 0 Å². The van der Waals surface area contributed by atoms with E-state index in [2.05, 4.69) is 34.1 Å². The first-order valence-corrected chi connectivity index (χ1v) is 8.95. The molecule has 1 saturated heterocycles. The molecule has 1 N–H and O–H groups in total. The van der Waals surface area contributed by atoms with Gasteiger partial charge in [-0.05, 0) is 37.4 Å². The van der Waals surface area contributed by atoms with Crippen LogP contribution in [0.25, 0.3) is 0 Å². The van der Waals surface area contributed by atoms with Gasteiger partial charge in [0.25, 0.3) is 0 Å². The summed E-state index contributed by atoms with van der Waals surface area (Å²) in [6.45, 7) is 4.61. The van der Waals surface area contributed by atoms with E-state index in [-0.39, 0.29) is 12.3 Å². The SMILES string of the molecule is CN(C)C(=O)CC1(O)CCCN(CCN2CCc3ccccc32)C1. The Balaban J connectivity index is 1.54. The highest BCUT2D eigenvalue weighted by Crippen LogP contribution is 2.28. The first kappa shape index (κ1) is 17.2. The van der Waals surface area contributed by atoms with E-state index in [1.54, 1.807) is 19.0 Å². The highest BCUT2D eigenvalue weighted by Gasteiger charge is 2.35. The van der Waals surface area contributed by atoms with Gasteiger partial charge < -0.3 is 14.9 Å². The van der Waals surface area contributed by atoms with Crippen LogP contribution in [0.5, 0.6) is 0 Å². The van der Waals surface area contributed by atoms with E-state index >= 15 is 0 Å². The van der Waals surface area contributed by atoms with E-state index in [9.17, 15) is 9.90 Å². The maximum atomic E-state index is 12.0. The van der Waals surface area contributed by atoms with Crippen LogP contribution < -0.4 is 4.90 Å². The average Bonchev–Trinajstić information content (AvgIpc) is 2.96. The van der Waals surface area contributed by atoms with Gasteiger partial charge in [-0.25, -0.2) is 0 Å². The van der Waals surface area contributed by atoms with Gasteiger partial charge in [-0.1, -0.05) is 18.2 Å². The fourth-order valence-corrected chi connectivity index (χ4v) is 3.88. The summed E-state index contributed by atoms with van der Waals surface area (Å²) in [6.07, 6.45) is 3.02. The number of β-amino-alcohol motifs (C(OH)–C–C–N with tert-alkyl or cyclic N) is 1. The molecular weight excluding hydrogens is 302 g/mol. The van der Waals surface area contributed by atoms with Gasteiger partial charge in [-0.15, -0.1) is 0 Å². The Bertz CT molecular complexity index is 590. The number of fused-ring (bicyclic) bond motifs is 1. The third-order valence-corrected chi connectivity index (χ3v) is 5.28. The third kappa shape index (κ3) is 3.90. The van der Waals surface area contributed by atoms with Crippen molar-refractivity contribution in [1.29, 1.82) is 0 Å². The van der Waals surface area contributed by atoms with Crippen molar-refractivity contribution in [2.45, 2.75) is 31.3 Å². The molecule has 2 aliphatic rings. The standard InChI is InChI=1S/C19H29N3O2/c1-20(2)18(23)14-19(24)9-5-10-21(15-19)12-13-22-11-8-16-6-3-4-7-17(16)22/h3-4,6-7,24H,5,8-15H2,1-2H3. The lowest BCUT2D eigenvalue weighted by Crippen LogP contribution is -2.51. The summed E-state index contributed by atoms with van der Waals surface area (Å²) in [5.74, 6) is 0.00724. The van der Waals surface area contributed by atoms with Crippen molar-refractivity contribution >= 4 is 11.6 Å². The van der Waals surface area contributed by atoms with Crippen molar-refractivity contribution in [3.63, 3.8) is 0 Å². The predicted molar refractivity (Wildman–Crippen MR) is 96.3 cm³/mol. The fourth-order valence-electron chi connectivity index (χ4n) is 3.88. The Morgan fingerprint density at radius 3 is 2.83 bits per heavy atom. The third-order valence-electron chi connectivity index (χ3n) is 5.28. The van der Waals surface area contributed by atoms with Gasteiger partial charge in [0, 0.05) is 46.0 Å². The molecule has 1 amide bonds. The molecule has 0 aromatic heterocycles. The fraction of sp³-hybridized carbons (Fsp3) is 0.632. The molecule has 1 fully saturated rings. The minimum absolute atomic E-state index is 0.00724. The van der Waals surface area contributed by atoms with E-state index in [0.29, 0.717) is 6.54 Å². The molecule has 1 aromatic rings. The second-order valence-corrected chi connectivity index (χ2v) is 7.43. The van der Waals surface area contributed by atoms with Gasteiger partial charge in [-0.2, -0.15) is 0 Å². The first-order valence-electron chi connectivity index (χ1n) is 8.95. The van der Waals surface area contributed by atoms with Crippen LogP contribution in [0.1, 0.15) is 24.8 Å². The molecule has 5 nitrogen and oxygen atoms in total. The van der Waals surface area contributed by atoms with Gasteiger partial charge >= 0.3 is 0 Å². The number of likely N-dealkylation sites (tertiary alicyclic amines) is 1. The molecule has 0 spiro atoms. The number of carbonyl (C=O) groups excluding carboxylic acids is 1. The number of hydrogen-bond acceptors (Lipinski definition) is 4. The van der Waals surface area contributed by atoms with Gasteiger partial charge in [0.2, 0.25) is 5.91 Å². The lowest BCUT2D eigenvalue weighted by atomic mass is 9.89. The maximum Gasteiger partial charge on any atom is 0.224 e. The predicted octanol–water partition coefficient (Wildman–Crippen LogP) is 1.35. The van der Waals surface area contributed by atoms with Crippen molar-refractivity contribution in [3.05, 3.63) is 29.8 Å². The number of nitrogens with zero attached hydrogens (tertiary/aromatic N) is 3. The number of anilines is 1. The molecule has 0 aliphatic carbocycles. The number of amides is 1. The number of rotatable bonds is 5. The summed E-state index contributed by atoms with van der Waals surface area (Å²) in [5, 5.41) is 10.8. The van der Waals surface area contributed by atoms with Crippen LogP contribution in [0.15, 0.2) is 24.3 Å². The molecule has 0 saturated carbocycles. The molecule has 24 heavy (non-hydrogen) atoms. The number of carbonyl (C=O) groups is 1. The summed E-state index contributed by atoms with van der Waals surface area (Å²) < 4.78 is 0. The highest BCUT2D eigenvalue weighted by atomic mass is 16.3. The zero-order chi connectivity index (χ0) is 17.2. The molecule has 132 valence electrons. The summed E-state index contributed by atoms with van der Waals surface area (Å²) in [7, 11) is 3.49. The first-order chi connectivity index (χ1) is 11.5. The zero-order valence-electron chi connectivity index (χ0n) is 14.9. The van der Waals surface area contributed by atoms with Gasteiger partial charge in [0.05, 0.1) is 12.0 Å². The Morgan fingerprint density at radius 1 is 1.25 bits per heavy atom. The van der Waals surface area contributed by atoms with Crippen LogP contribution in [0.4, 0.5) is 5.69 Å². The maximum absolute atomic E-state index is 12.0. The van der Waals surface area contributed by atoms with Crippen LogP contribution in [0.2, 0.25) is 0 Å². The van der Waals surface area contributed by atoms with E-state index in [4.69, 9.17) is 0 Å². The molecular formula is C19H29N3O2. The molecule has 0 bridgehead atoms. The molecule has 1 unspecified atom stereocenters. The van der Waals surface area contributed by atoms with E-state index in [1.807, 2.05) is 0 Å². The Morgan fingerprint density at radius 2 is 2.04 bits per heavy atom. The van der Waals surface area contributed by atoms with Crippen LogP contribution in [0, 0.1) is 0 Å². The highest BCUT2D eigenvalue weighted by molar-refractivity contribution is 5.76. The smallest absolute Gasteiger partial charge is 0.224 e. The number of para-hydroxylation sites is 1. The molecule has 5 heteroatoms. The van der Waals surface area contributed by atoms with Crippen LogP contribution in [-0.2, 0) is 11.2 Å². The minimum Gasteiger partial charge on any atom is -0.388 e. The Kier molecular flexibility index (Phi) is 5.11. The molecule has 0 radical (unpaired) electrons. The van der Waals surface area contributed by atoms with Crippen molar-refractivity contribution in [2.75, 3.05) is 51.7 Å². The largest absolute Gasteiger partial charge is 0.388 e. The van der Waals surface area contributed by atoms with Crippen LogP contribution in [-0.4, -0.2) is 73.2 Å². The van der Waals surface area contributed by atoms with Crippen LogP contribution >= 0.6 is 0 Å². The number of hydrogen-bond donors (Lipinski definition) is 1. The monoisotopic (exact) mass is 331 g/mol. The van der Waals surface area contributed by atoms with Crippen molar-refractivity contribution in [1.82, 2.24) is 9.80 Å². The normalized spacial score (nSPS) is 24.0. The number of benzene rings is 1. The quantitative estimate of drug-likeness (QED) is 0.885. The summed E-state index contributed by atoms with van der Waals surface area (Å²) in [4.78, 5) is 18.3. The lowest BCUT2D eigenvalue weighted by molar-refractivity contribution is -0.136. The van der Waals surface area contributed by atoms with Crippen molar-refractivity contribution in [2.24, 2.45) is 0 Å². The zero-order valence-corrected chi connectivity index (χ0v) is 14.9. The average molecular weight is 331 g/mol. The van der Waals surface area contributed by atoms with E-state index < -0.39 is 5.60 Å². The van der Waals surface area contributed by atoms with Gasteiger partial charge in [0.1, 0.15) is 0 Å². The van der Waals surface area contributed by atoms with E-state index in [0.717, 1.165) is 45.4 Å². The van der Waals surface area contributed by atoms with Crippen molar-refractivity contribution in [3.8, 4) is 0 Å². The molecule has 3 rings (SSSR count). The number of aliphatic hydroxyl groups is 1. The summed E-state index contributed by atoms with van der Waals surface area (Å²) in [5.41, 5.74) is 1.92. The molecule has 2 heterocycles. The second-order valence-electron chi connectivity index (χ2n) is 7.43. The Hall–Kier alpha value is -1.59. The molecule has 2 aliphatic heterocycles. The topological polar surface area (TPSA) is 47.0 Å². The second kappa shape index (κ2) is 7.11. The minimum atomic E-state index is -0.873. The molecule has 1 aromatic carbocycles. The molecule has 1 atom stereocenters. The number of piperidine rings is 1. The lowest BCUT2D eigenvalue weighted by Gasteiger charge is -2.40. The van der Waals surface area contributed by atoms with E-state index in [1.165, 1.54) is 11.3 Å². The van der Waals surface area contributed by atoms with Crippen molar-refractivity contribution < 1.29 is 9.90 Å². The van der Waals surface area contributed by atoms with Gasteiger partial charge in [-0.3, -0.25) is 9.69 Å². The Labute approximate surface area is 144 Å². The summed E-state index contributed by atoms with van der Waals surface area (Å²) >= 11 is 0.